The van der Waals surface area contributed by atoms with Gasteiger partial charge in [-0.2, -0.15) is 0 Å². The summed E-state index contributed by atoms with van der Waals surface area (Å²) in [4.78, 5) is 24.6. The van der Waals surface area contributed by atoms with Gasteiger partial charge in [0.25, 0.3) is 5.91 Å². The number of hydrogen-bond donors (Lipinski definition) is 2. The van der Waals surface area contributed by atoms with E-state index in [0.717, 1.165) is 11.1 Å². The maximum atomic E-state index is 12.0. The minimum absolute atomic E-state index is 0.104. The van der Waals surface area contributed by atoms with Gasteiger partial charge in [0.15, 0.2) is 0 Å². The number of nitrogens with one attached hydrogen (secondary N) is 2. The number of hydrazine groups is 1. The minimum Gasteiger partial charge on any atom is -0.272 e. The Morgan fingerprint density at radius 1 is 1.00 bits per heavy atom. The molecule has 2 rings (SSSR count). The summed E-state index contributed by atoms with van der Waals surface area (Å²) in [5.74, 6) is -0.599. The molecule has 2 amide bonds. The molecule has 4 nitrogen and oxygen atoms in total. The van der Waals surface area contributed by atoms with Gasteiger partial charge >= 0.3 is 0 Å². The van der Waals surface area contributed by atoms with Crippen molar-refractivity contribution in [2.45, 2.75) is 18.7 Å². The third kappa shape index (κ3) is 5.16. The van der Waals surface area contributed by atoms with Crippen LogP contribution < -0.4 is 10.9 Å². The monoisotopic (exact) mass is 382 g/mol. The Kier molecular flexibility index (Phi) is 6.54. The second kappa shape index (κ2) is 8.42. The van der Waals surface area contributed by atoms with E-state index in [1.54, 1.807) is 30.3 Å². The van der Waals surface area contributed by atoms with Crippen molar-refractivity contribution in [3.63, 3.8) is 0 Å². The third-order valence-corrected chi connectivity index (χ3v) is 5.07. The van der Waals surface area contributed by atoms with Gasteiger partial charge in [0.2, 0.25) is 5.91 Å². The van der Waals surface area contributed by atoms with Crippen LogP contribution >= 0.6 is 35.0 Å². The number of benzene rings is 2. The fourth-order valence-electron chi connectivity index (χ4n) is 1.85. The first-order valence-corrected chi connectivity index (χ1v) is 8.85. The SMILES string of the molecule is Cc1ccc(C(=O)NNC(=O)CSc2cc(Cl)ccc2Cl)cc1C. The molecule has 7 heteroatoms. The Morgan fingerprint density at radius 3 is 2.46 bits per heavy atom. The molecule has 0 radical (unpaired) electrons. The molecular weight excluding hydrogens is 367 g/mol. The molecule has 0 spiro atoms. The van der Waals surface area contributed by atoms with Crippen molar-refractivity contribution in [3.8, 4) is 0 Å². The highest BCUT2D eigenvalue weighted by atomic mass is 35.5. The Morgan fingerprint density at radius 2 is 1.75 bits per heavy atom. The summed E-state index contributed by atoms with van der Waals surface area (Å²) in [6.45, 7) is 3.90. The summed E-state index contributed by atoms with van der Waals surface area (Å²) in [7, 11) is 0. The zero-order chi connectivity index (χ0) is 17.7. The van der Waals surface area contributed by atoms with Crippen LogP contribution in [0, 0.1) is 13.8 Å². The van der Waals surface area contributed by atoms with Gasteiger partial charge in [-0.05, 0) is 55.3 Å². The minimum atomic E-state index is -0.364. The Hall–Kier alpha value is -1.69. The fourth-order valence-corrected chi connectivity index (χ4v) is 3.14. The predicted octanol–water partition coefficient (Wildman–Crippen LogP) is 4.16. The number of rotatable bonds is 4. The molecule has 0 fully saturated rings. The standard InChI is InChI=1S/C17H16Cl2N2O2S/c1-10-3-4-12(7-11(10)2)17(23)21-20-16(22)9-24-15-8-13(18)5-6-14(15)19/h3-8H,9H2,1-2H3,(H,20,22)(H,21,23). The molecule has 0 aliphatic carbocycles. The van der Waals surface area contributed by atoms with Gasteiger partial charge in [-0.1, -0.05) is 29.3 Å². The Bertz CT molecular complexity index is 781. The molecule has 2 aromatic carbocycles. The van der Waals surface area contributed by atoms with Crippen LogP contribution in [0.15, 0.2) is 41.3 Å². The van der Waals surface area contributed by atoms with Crippen molar-refractivity contribution >= 4 is 46.8 Å². The number of aryl methyl sites for hydroxylation is 2. The topological polar surface area (TPSA) is 58.2 Å². The second-order valence-electron chi connectivity index (χ2n) is 5.16. The van der Waals surface area contributed by atoms with Gasteiger partial charge in [0.05, 0.1) is 10.8 Å². The summed E-state index contributed by atoms with van der Waals surface area (Å²) in [5.41, 5.74) is 7.39. The lowest BCUT2D eigenvalue weighted by Crippen LogP contribution is -2.42. The molecule has 0 aromatic heterocycles. The lowest BCUT2D eigenvalue weighted by Gasteiger charge is -2.09. The summed E-state index contributed by atoms with van der Waals surface area (Å²) in [5, 5.41) is 1.07. The maximum Gasteiger partial charge on any atom is 0.269 e. The highest BCUT2D eigenvalue weighted by Gasteiger charge is 2.10. The molecule has 0 aliphatic rings. The van der Waals surface area contributed by atoms with Gasteiger partial charge in [-0.25, -0.2) is 0 Å². The number of carbonyl (C=O) groups excluding carboxylic acids is 2. The third-order valence-electron chi connectivity index (χ3n) is 3.34. The average Bonchev–Trinajstić information content (AvgIpc) is 2.56. The molecule has 126 valence electrons. The van der Waals surface area contributed by atoms with Gasteiger partial charge < -0.3 is 0 Å². The summed E-state index contributed by atoms with van der Waals surface area (Å²) >= 11 is 13.2. The average molecular weight is 383 g/mol. The van der Waals surface area contributed by atoms with Crippen molar-refractivity contribution < 1.29 is 9.59 Å². The predicted molar refractivity (Wildman–Crippen MR) is 98.7 cm³/mol. The molecule has 0 saturated heterocycles. The summed E-state index contributed by atoms with van der Waals surface area (Å²) in [6, 6.07) is 10.4. The van der Waals surface area contributed by atoms with Crippen molar-refractivity contribution in [2.75, 3.05) is 5.75 Å². The van der Waals surface area contributed by atoms with E-state index in [2.05, 4.69) is 10.9 Å². The summed E-state index contributed by atoms with van der Waals surface area (Å²) < 4.78 is 0. The quantitative estimate of drug-likeness (QED) is 0.616. The van der Waals surface area contributed by atoms with Crippen LogP contribution in [0.4, 0.5) is 0 Å². The van der Waals surface area contributed by atoms with E-state index in [0.29, 0.717) is 20.5 Å². The molecule has 2 N–H and O–H groups in total. The van der Waals surface area contributed by atoms with Crippen LogP contribution in [0.2, 0.25) is 10.0 Å². The van der Waals surface area contributed by atoms with Crippen molar-refractivity contribution in [1.29, 1.82) is 0 Å². The van der Waals surface area contributed by atoms with Crippen molar-refractivity contribution in [2.24, 2.45) is 0 Å². The zero-order valence-corrected chi connectivity index (χ0v) is 15.5. The molecule has 0 bridgehead atoms. The zero-order valence-electron chi connectivity index (χ0n) is 13.2. The van der Waals surface area contributed by atoms with Crippen LogP contribution in [0.1, 0.15) is 21.5 Å². The molecule has 0 heterocycles. The number of hydrogen-bond acceptors (Lipinski definition) is 3. The number of amides is 2. The van der Waals surface area contributed by atoms with Gasteiger partial charge in [-0.15, -0.1) is 11.8 Å². The highest BCUT2D eigenvalue weighted by molar-refractivity contribution is 8.00. The van der Waals surface area contributed by atoms with E-state index in [-0.39, 0.29) is 17.6 Å². The Labute approximate surface area is 154 Å². The largest absolute Gasteiger partial charge is 0.272 e. The van der Waals surface area contributed by atoms with Crippen LogP contribution in [-0.4, -0.2) is 17.6 Å². The van der Waals surface area contributed by atoms with Gasteiger partial charge in [0.1, 0.15) is 0 Å². The van der Waals surface area contributed by atoms with Crippen molar-refractivity contribution in [3.05, 3.63) is 63.1 Å². The first-order valence-electron chi connectivity index (χ1n) is 7.11. The molecule has 24 heavy (non-hydrogen) atoms. The smallest absolute Gasteiger partial charge is 0.269 e. The molecule has 0 aliphatic heterocycles. The van der Waals surface area contributed by atoms with Crippen LogP contribution in [0.3, 0.4) is 0 Å². The van der Waals surface area contributed by atoms with E-state index >= 15 is 0 Å². The Balaban J connectivity index is 1.85. The number of halogens is 2. The van der Waals surface area contributed by atoms with E-state index in [9.17, 15) is 9.59 Å². The van der Waals surface area contributed by atoms with Gasteiger partial charge in [0, 0.05) is 15.5 Å². The lowest BCUT2D eigenvalue weighted by atomic mass is 10.1. The number of carbonyl (C=O) groups is 2. The van der Waals surface area contributed by atoms with Crippen molar-refractivity contribution in [1.82, 2.24) is 10.9 Å². The molecule has 0 saturated carbocycles. The van der Waals surface area contributed by atoms with Crippen LogP contribution in [0.25, 0.3) is 0 Å². The highest BCUT2D eigenvalue weighted by Crippen LogP contribution is 2.29. The fraction of sp³-hybridized carbons (Fsp3) is 0.176. The van der Waals surface area contributed by atoms with Crippen LogP contribution in [-0.2, 0) is 4.79 Å². The molecule has 0 unspecified atom stereocenters. The van der Waals surface area contributed by atoms with E-state index in [1.807, 2.05) is 19.9 Å². The first kappa shape index (κ1) is 18.6. The second-order valence-corrected chi connectivity index (χ2v) is 7.03. The van der Waals surface area contributed by atoms with E-state index < -0.39 is 0 Å². The number of thioether (sulfide) groups is 1. The first-order chi connectivity index (χ1) is 11.4. The molecule has 0 atom stereocenters. The summed E-state index contributed by atoms with van der Waals surface area (Å²) in [6.07, 6.45) is 0. The van der Waals surface area contributed by atoms with Gasteiger partial charge in [-0.3, -0.25) is 20.4 Å². The van der Waals surface area contributed by atoms with E-state index in [4.69, 9.17) is 23.2 Å². The lowest BCUT2D eigenvalue weighted by molar-refractivity contribution is -0.119. The van der Waals surface area contributed by atoms with Crippen LogP contribution in [0.5, 0.6) is 0 Å². The molecular formula is C17H16Cl2N2O2S. The normalized spacial score (nSPS) is 10.3. The molecule has 2 aromatic rings. The van der Waals surface area contributed by atoms with E-state index in [1.165, 1.54) is 11.8 Å². The maximum absolute atomic E-state index is 12.0.